The average molecular weight is 269 g/mol. The molecule has 3 nitrogen and oxygen atoms in total. The summed E-state index contributed by atoms with van der Waals surface area (Å²) in [6, 6.07) is 5.71. The van der Waals surface area contributed by atoms with Crippen molar-refractivity contribution in [2.24, 2.45) is 5.92 Å². The van der Waals surface area contributed by atoms with Crippen LogP contribution in [0.2, 0.25) is 5.02 Å². The predicted molar refractivity (Wildman–Crippen MR) is 75.6 cm³/mol. The van der Waals surface area contributed by atoms with Gasteiger partial charge < -0.3 is 10.8 Å². The SMILES string of the molecule is Nc1cc(Cl)ccc1CN1CCCC(CCO)C1. The fraction of sp³-hybridized carbons (Fsp3) is 0.571. The number of nitrogens with zero attached hydrogens (tertiary/aromatic N) is 1. The monoisotopic (exact) mass is 268 g/mol. The second kappa shape index (κ2) is 6.41. The number of benzene rings is 1. The normalized spacial score (nSPS) is 21.1. The van der Waals surface area contributed by atoms with E-state index in [2.05, 4.69) is 4.90 Å². The molecule has 0 saturated carbocycles. The van der Waals surface area contributed by atoms with Gasteiger partial charge in [-0.3, -0.25) is 4.90 Å². The lowest BCUT2D eigenvalue weighted by Crippen LogP contribution is -2.35. The minimum atomic E-state index is 0.293. The summed E-state index contributed by atoms with van der Waals surface area (Å²) in [6.07, 6.45) is 3.35. The van der Waals surface area contributed by atoms with Gasteiger partial charge in [0.1, 0.15) is 0 Å². The van der Waals surface area contributed by atoms with E-state index in [9.17, 15) is 0 Å². The van der Waals surface area contributed by atoms with Crippen molar-refractivity contribution in [3.63, 3.8) is 0 Å². The molecular weight excluding hydrogens is 248 g/mol. The van der Waals surface area contributed by atoms with Gasteiger partial charge in [0.15, 0.2) is 0 Å². The highest BCUT2D eigenvalue weighted by Crippen LogP contribution is 2.24. The maximum Gasteiger partial charge on any atom is 0.0434 e. The number of aliphatic hydroxyl groups is 1. The van der Waals surface area contributed by atoms with E-state index in [4.69, 9.17) is 22.4 Å². The first kappa shape index (κ1) is 13.7. The number of aliphatic hydroxyl groups excluding tert-OH is 1. The fourth-order valence-electron chi connectivity index (χ4n) is 2.66. The van der Waals surface area contributed by atoms with Gasteiger partial charge in [0, 0.05) is 30.4 Å². The molecule has 0 aromatic heterocycles. The van der Waals surface area contributed by atoms with Gasteiger partial charge in [-0.25, -0.2) is 0 Å². The Morgan fingerprint density at radius 1 is 1.44 bits per heavy atom. The Bertz CT molecular complexity index is 395. The molecule has 100 valence electrons. The first-order valence-corrected chi connectivity index (χ1v) is 6.94. The summed E-state index contributed by atoms with van der Waals surface area (Å²) in [6.45, 7) is 3.35. The molecule has 0 spiro atoms. The molecule has 1 saturated heterocycles. The second-order valence-corrected chi connectivity index (χ2v) is 5.54. The standard InChI is InChI=1S/C14H21ClN2O/c15-13-4-3-12(14(16)8-13)10-17-6-1-2-11(9-17)5-7-18/h3-4,8,11,18H,1-2,5-7,9-10,16H2. The summed E-state index contributed by atoms with van der Waals surface area (Å²) < 4.78 is 0. The highest BCUT2D eigenvalue weighted by molar-refractivity contribution is 6.30. The maximum atomic E-state index is 9.02. The Labute approximate surface area is 114 Å². The van der Waals surface area contributed by atoms with Crippen LogP contribution in [0.4, 0.5) is 5.69 Å². The van der Waals surface area contributed by atoms with Crippen molar-refractivity contribution in [1.82, 2.24) is 4.90 Å². The second-order valence-electron chi connectivity index (χ2n) is 5.10. The summed E-state index contributed by atoms with van der Waals surface area (Å²) in [7, 11) is 0. The Kier molecular flexibility index (Phi) is 4.87. The van der Waals surface area contributed by atoms with Crippen molar-refractivity contribution in [1.29, 1.82) is 0 Å². The largest absolute Gasteiger partial charge is 0.398 e. The van der Waals surface area contributed by atoms with Crippen LogP contribution in [0, 0.1) is 5.92 Å². The molecule has 1 aromatic rings. The minimum Gasteiger partial charge on any atom is -0.398 e. The lowest BCUT2D eigenvalue weighted by atomic mass is 9.95. The summed E-state index contributed by atoms with van der Waals surface area (Å²) in [4.78, 5) is 2.42. The van der Waals surface area contributed by atoms with Crippen LogP contribution >= 0.6 is 11.6 Å². The third kappa shape index (κ3) is 3.61. The van der Waals surface area contributed by atoms with Gasteiger partial charge in [-0.05, 0) is 49.4 Å². The Morgan fingerprint density at radius 2 is 2.28 bits per heavy atom. The van der Waals surface area contributed by atoms with Crippen LogP contribution < -0.4 is 5.73 Å². The van der Waals surface area contributed by atoms with Crippen molar-refractivity contribution in [2.45, 2.75) is 25.8 Å². The smallest absolute Gasteiger partial charge is 0.0434 e. The van der Waals surface area contributed by atoms with Crippen molar-refractivity contribution >= 4 is 17.3 Å². The predicted octanol–water partition coefficient (Wildman–Crippen LogP) is 2.52. The van der Waals surface area contributed by atoms with Crippen LogP contribution in [0.1, 0.15) is 24.8 Å². The number of halogens is 1. The molecule has 1 aliphatic rings. The zero-order chi connectivity index (χ0) is 13.0. The zero-order valence-electron chi connectivity index (χ0n) is 10.6. The van der Waals surface area contributed by atoms with Crippen LogP contribution in [0.3, 0.4) is 0 Å². The lowest BCUT2D eigenvalue weighted by Gasteiger charge is -2.32. The van der Waals surface area contributed by atoms with Crippen LogP contribution in [-0.2, 0) is 6.54 Å². The van der Waals surface area contributed by atoms with Crippen LogP contribution in [0.15, 0.2) is 18.2 Å². The molecule has 0 aliphatic carbocycles. The number of likely N-dealkylation sites (tertiary alicyclic amines) is 1. The number of piperidine rings is 1. The highest BCUT2D eigenvalue weighted by Gasteiger charge is 2.19. The Morgan fingerprint density at radius 3 is 3.00 bits per heavy atom. The average Bonchev–Trinajstić information content (AvgIpc) is 2.34. The van der Waals surface area contributed by atoms with E-state index >= 15 is 0 Å². The maximum absolute atomic E-state index is 9.02. The van der Waals surface area contributed by atoms with E-state index < -0.39 is 0 Å². The third-order valence-corrected chi connectivity index (χ3v) is 3.88. The van der Waals surface area contributed by atoms with Gasteiger partial charge in [0.25, 0.3) is 0 Å². The molecule has 1 heterocycles. The van der Waals surface area contributed by atoms with Crippen LogP contribution in [0.5, 0.6) is 0 Å². The molecule has 1 unspecified atom stereocenters. The topological polar surface area (TPSA) is 49.5 Å². The van der Waals surface area contributed by atoms with Gasteiger partial charge >= 0.3 is 0 Å². The van der Waals surface area contributed by atoms with E-state index in [1.807, 2.05) is 18.2 Å². The summed E-state index contributed by atoms with van der Waals surface area (Å²) in [5.41, 5.74) is 7.89. The molecule has 1 aliphatic heterocycles. The van der Waals surface area contributed by atoms with Gasteiger partial charge in [-0.2, -0.15) is 0 Å². The third-order valence-electron chi connectivity index (χ3n) is 3.64. The summed E-state index contributed by atoms with van der Waals surface area (Å²) in [5.74, 6) is 0.622. The quantitative estimate of drug-likeness (QED) is 0.825. The molecule has 2 rings (SSSR count). The molecule has 3 N–H and O–H groups in total. The van der Waals surface area contributed by atoms with E-state index in [1.165, 1.54) is 12.8 Å². The molecule has 1 atom stereocenters. The van der Waals surface area contributed by atoms with Gasteiger partial charge in [-0.1, -0.05) is 17.7 Å². The number of anilines is 1. The van der Waals surface area contributed by atoms with Crippen LogP contribution in [-0.4, -0.2) is 29.7 Å². The molecular formula is C14H21ClN2O. The molecule has 4 heteroatoms. The number of nitrogens with two attached hydrogens (primary N) is 1. The first-order valence-electron chi connectivity index (χ1n) is 6.56. The Hall–Kier alpha value is -0.770. The number of rotatable bonds is 4. The molecule has 18 heavy (non-hydrogen) atoms. The first-order chi connectivity index (χ1) is 8.69. The van der Waals surface area contributed by atoms with Gasteiger partial charge in [0.2, 0.25) is 0 Å². The molecule has 1 aromatic carbocycles. The fourth-order valence-corrected chi connectivity index (χ4v) is 2.84. The number of hydrogen-bond donors (Lipinski definition) is 2. The van der Waals surface area contributed by atoms with Crippen molar-refractivity contribution in [3.8, 4) is 0 Å². The van der Waals surface area contributed by atoms with E-state index in [1.54, 1.807) is 0 Å². The van der Waals surface area contributed by atoms with Gasteiger partial charge in [0.05, 0.1) is 0 Å². The molecule has 0 amide bonds. The van der Waals surface area contributed by atoms with E-state index in [-0.39, 0.29) is 0 Å². The summed E-state index contributed by atoms with van der Waals surface area (Å²) in [5, 5.41) is 9.70. The van der Waals surface area contributed by atoms with Crippen molar-refractivity contribution in [3.05, 3.63) is 28.8 Å². The summed E-state index contributed by atoms with van der Waals surface area (Å²) >= 11 is 5.90. The van der Waals surface area contributed by atoms with E-state index in [0.717, 1.165) is 37.3 Å². The number of nitrogen functional groups attached to an aromatic ring is 1. The lowest BCUT2D eigenvalue weighted by molar-refractivity contribution is 0.142. The molecule has 0 radical (unpaired) electrons. The highest BCUT2D eigenvalue weighted by atomic mass is 35.5. The van der Waals surface area contributed by atoms with Crippen LogP contribution in [0.25, 0.3) is 0 Å². The number of hydrogen-bond acceptors (Lipinski definition) is 3. The van der Waals surface area contributed by atoms with Gasteiger partial charge in [-0.15, -0.1) is 0 Å². The van der Waals surface area contributed by atoms with Crippen molar-refractivity contribution < 1.29 is 5.11 Å². The van der Waals surface area contributed by atoms with E-state index in [0.29, 0.717) is 17.5 Å². The Balaban J connectivity index is 1.96. The zero-order valence-corrected chi connectivity index (χ0v) is 11.4. The van der Waals surface area contributed by atoms with Crippen molar-refractivity contribution in [2.75, 3.05) is 25.4 Å². The molecule has 0 bridgehead atoms. The molecule has 1 fully saturated rings. The minimum absolute atomic E-state index is 0.293.